The summed E-state index contributed by atoms with van der Waals surface area (Å²) >= 11 is 6.01. The number of nitrogens with one attached hydrogen (secondary N) is 1. The highest BCUT2D eigenvalue weighted by molar-refractivity contribution is 6.29. The summed E-state index contributed by atoms with van der Waals surface area (Å²) in [4.78, 5) is 10.8. The molecule has 2 aromatic rings. The molecule has 7 heteroatoms. The quantitative estimate of drug-likeness (QED) is 0.869. The smallest absolute Gasteiger partial charge is 0.255 e. The van der Waals surface area contributed by atoms with E-state index >= 15 is 0 Å². The number of rotatable bonds is 4. The molecular formula is C13H17ClN6. The molecule has 0 radical (unpaired) electrons. The van der Waals surface area contributed by atoms with Crippen molar-refractivity contribution in [3.63, 3.8) is 0 Å². The van der Waals surface area contributed by atoms with E-state index in [4.69, 9.17) is 11.6 Å². The van der Waals surface area contributed by atoms with Gasteiger partial charge in [0.05, 0.1) is 0 Å². The second-order valence-electron chi connectivity index (χ2n) is 5.70. The Bertz CT molecular complexity index is 622. The highest BCUT2D eigenvalue weighted by Gasteiger charge is 2.34. The number of aromatic nitrogens is 4. The number of hydrogen-bond acceptors (Lipinski definition) is 5. The summed E-state index contributed by atoms with van der Waals surface area (Å²) in [5.41, 5.74) is 0. The maximum absolute atomic E-state index is 6.01. The van der Waals surface area contributed by atoms with Gasteiger partial charge in [-0.25, -0.2) is 0 Å². The fourth-order valence-corrected chi connectivity index (χ4v) is 3.14. The van der Waals surface area contributed by atoms with Crippen LogP contribution in [0.2, 0.25) is 5.15 Å². The lowest BCUT2D eigenvalue weighted by molar-refractivity contribution is 0.316. The van der Waals surface area contributed by atoms with Gasteiger partial charge in [0.15, 0.2) is 0 Å². The van der Waals surface area contributed by atoms with E-state index in [2.05, 4.69) is 25.3 Å². The largest absolute Gasteiger partial charge is 0.369 e. The summed E-state index contributed by atoms with van der Waals surface area (Å²) < 4.78 is 1.69. The first-order valence-corrected chi connectivity index (χ1v) is 7.51. The zero-order valence-corrected chi connectivity index (χ0v) is 11.9. The summed E-state index contributed by atoms with van der Waals surface area (Å²) in [6, 6.07) is 2.68. The molecule has 2 aromatic heterocycles. The third-order valence-electron chi connectivity index (χ3n) is 4.17. The van der Waals surface area contributed by atoms with Gasteiger partial charge in [-0.15, -0.1) is 0 Å². The van der Waals surface area contributed by atoms with E-state index in [0.717, 1.165) is 18.4 Å². The van der Waals surface area contributed by atoms with Gasteiger partial charge in [0.25, 0.3) is 5.78 Å². The molecule has 2 aliphatic rings. The van der Waals surface area contributed by atoms with E-state index in [1.54, 1.807) is 10.6 Å². The van der Waals surface area contributed by atoms with Crippen molar-refractivity contribution in [3.8, 4) is 0 Å². The third kappa shape index (κ3) is 2.33. The first-order chi connectivity index (χ1) is 9.79. The van der Waals surface area contributed by atoms with Crippen molar-refractivity contribution in [1.82, 2.24) is 24.5 Å². The van der Waals surface area contributed by atoms with Gasteiger partial charge >= 0.3 is 0 Å². The molecule has 20 heavy (non-hydrogen) atoms. The summed E-state index contributed by atoms with van der Waals surface area (Å²) in [6.45, 7) is 3.39. The van der Waals surface area contributed by atoms with Crippen LogP contribution in [0, 0.1) is 5.92 Å². The van der Waals surface area contributed by atoms with E-state index in [-0.39, 0.29) is 0 Å². The molecule has 1 N–H and O–H groups in total. The zero-order chi connectivity index (χ0) is 13.5. The minimum absolute atomic E-state index is 0.444. The Morgan fingerprint density at radius 2 is 2.25 bits per heavy atom. The van der Waals surface area contributed by atoms with Crippen LogP contribution in [0.5, 0.6) is 0 Å². The van der Waals surface area contributed by atoms with Gasteiger partial charge in [-0.1, -0.05) is 11.6 Å². The predicted octanol–water partition coefficient (Wildman–Crippen LogP) is 1.67. The van der Waals surface area contributed by atoms with E-state index in [1.165, 1.54) is 38.7 Å². The van der Waals surface area contributed by atoms with E-state index in [0.29, 0.717) is 16.8 Å². The number of hydrogen-bond donors (Lipinski definition) is 1. The molecular weight excluding hydrogens is 276 g/mol. The molecule has 1 saturated carbocycles. The summed E-state index contributed by atoms with van der Waals surface area (Å²) in [5, 5.41) is 8.06. The second-order valence-corrected chi connectivity index (χ2v) is 6.08. The van der Waals surface area contributed by atoms with Gasteiger partial charge in [-0.3, -0.25) is 0 Å². The molecule has 1 aliphatic carbocycles. The summed E-state index contributed by atoms with van der Waals surface area (Å²) in [7, 11) is 0. The molecule has 2 fully saturated rings. The fourth-order valence-electron chi connectivity index (χ4n) is 2.96. The molecule has 6 nitrogen and oxygen atoms in total. The minimum atomic E-state index is 0.444. The summed E-state index contributed by atoms with van der Waals surface area (Å²) in [5.74, 6) is 2.09. The maximum atomic E-state index is 6.01. The number of halogens is 1. The highest BCUT2D eigenvalue weighted by atomic mass is 35.5. The monoisotopic (exact) mass is 292 g/mol. The molecule has 0 spiro atoms. The molecule has 1 saturated heterocycles. The fraction of sp³-hybridized carbons (Fsp3) is 0.615. The first-order valence-electron chi connectivity index (χ1n) is 7.14. The van der Waals surface area contributed by atoms with Crippen LogP contribution in [0.25, 0.3) is 5.78 Å². The predicted molar refractivity (Wildman–Crippen MR) is 77.0 cm³/mol. The van der Waals surface area contributed by atoms with Gasteiger partial charge in [-0.2, -0.15) is 19.6 Å². The Balaban J connectivity index is 1.44. The Morgan fingerprint density at radius 1 is 1.35 bits per heavy atom. The topological polar surface area (TPSA) is 58.4 Å². The first kappa shape index (κ1) is 12.3. The van der Waals surface area contributed by atoms with E-state index in [9.17, 15) is 0 Å². The molecule has 106 valence electrons. The molecule has 1 unspecified atom stereocenters. The van der Waals surface area contributed by atoms with Gasteiger partial charge in [-0.05, 0) is 31.7 Å². The van der Waals surface area contributed by atoms with Crippen LogP contribution in [0.1, 0.15) is 19.3 Å². The molecule has 0 aromatic carbocycles. The summed E-state index contributed by atoms with van der Waals surface area (Å²) in [6.07, 6.45) is 5.54. The molecule has 4 rings (SSSR count). The van der Waals surface area contributed by atoms with Crippen molar-refractivity contribution in [3.05, 3.63) is 17.5 Å². The van der Waals surface area contributed by atoms with Crippen LogP contribution in [0.4, 0.5) is 5.82 Å². The van der Waals surface area contributed by atoms with Crippen molar-refractivity contribution >= 4 is 23.2 Å². The van der Waals surface area contributed by atoms with Crippen LogP contribution in [0.15, 0.2) is 12.4 Å². The Morgan fingerprint density at radius 3 is 3.10 bits per heavy atom. The van der Waals surface area contributed by atoms with Crippen LogP contribution in [-0.4, -0.2) is 50.2 Å². The lowest BCUT2D eigenvalue weighted by atomic mass is 10.1. The Labute approximate surface area is 122 Å². The van der Waals surface area contributed by atoms with Crippen LogP contribution >= 0.6 is 11.6 Å². The number of nitrogens with zero attached hydrogens (tertiary/aromatic N) is 5. The zero-order valence-electron chi connectivity index (χ0n) is 11.2. The van der Waals surface area contributed by atoms with Crippen LogP contribution in [-0.2, 0) is 0 Å². The molecule has 0 amide bonds. The van der Waals surface area contributed by atoms with Gasteiger partial charge in [0, 0.05) is 25.2 Å². The molecule has 1 aliphatic heterocycles. The maximum Gasteiger partial charge on any atom is 0.255 e. The van der Waals surface area contributed by atoms with Crippen LogP contribution in [0.3, 0.4) is 0 Å². The van der Waals surface area contributed by atoms with Gasteiger partial charge in [0.2, 0.25) is 0 Å². The van der Waals surface area contributed by atoms with Gasteiger partial charge < -0.3 is 10.2 Å². The minimum Gasteiger partial charge on any atom is -0.369 e. The second kappa shape index (κ2) is 4.86. The molecule has 3 heterocycles. The van der Waals surface area contributed by atoms with Crippen molar-refractivity contribution < 1.29 is 0 Å². The van der Waals surface area contributed by atoms with Gasteiger partial charge in [0.1, 0.15) is 17.3 Å². The standard InChI is InChI=1S/C13H17ClN6/c14-11-5-12(20-13(18-11)16-8-17-20)15-6-9-3-4-19(7-9)10-1-2-10/h5,8-10,15H,1-4,6-7H2. The van der Waals surface area contributed by atoms with E-state index < -0.39 is 0 Å². The Kier molecular flexibility index (Phi) is 3.00. The van der Waals surface area contributed by atoms with Crippen molar-refractivity contribution in [2.24, 2.45) is 5.92 Å². The lowest BCUT2D eigenvalue weighted by Gasteiger charge is -2.15. The number of fused-ring (bicyclic) bond motifs is 1. The number of anilines is 1. The average Bonchev–Trinajstić information content (AvgIpc) is 2.99. The van der Waals surface area contributed by atoms with E-state index in [1.807, 2.05) is 0 Å². The van der Waals surface area contributed by atoms with Crippen molar-refractivity contribution in [2.45, 2.75) is 25.3 Å². The average molecular weight is 293 g/mol. The highest BCUT2D eigenvalue weighted by Crippen LogP contribution is 2.31. The normalized spacial score (nSPS) is 23.6. The SMILES string of the molecule is Clc1cc(NCC2CCN(C3CC3)C2)n2ncnc2n1. The third-order valence-corrected chi connectivity index (χ3v) is 4.37. The Hall–Kier alpha value is -1.40. The molecule has 0 bridgehead atoms. The molecule has 1 atom stereocenters. The lowest BCUT2D eigenvalue weighted by Crippen LogP contribution is -2.25. The van der Waals surface area contributed by atoms with Crippen molar-refractivity contribution in [2.75, 3.05) is 25.0 Å². The van der Waals surface area contributed by atoms with Crippen LogP contribution < -0.4 is 5.32 Å². The number of likely N-dealkylation sites (tertiary alicyclic amines) is 1. The van der Waals surface area contributed by atoms with Crippen molar-refractivity contribution in [1.29, 1.82) is 0 Å².